The van der Waals surface area contributed by atoms with Crippen LogP contribution in [0.2, 0.25) is 15.2 Å². The molecule has 0 radical (unpaired) electrons. The summed E-state index contributed by atoms with van der Waals surface area (Å²) >= 11 is 21.8. The van der Waals surface area contributed by atoms with Crippen molar-refractivity contribution in [2.24, 2.45) is 0 Å². The predicted molar refractivity (Wildman–Crippen MR) is 68.0 cm³/mol. The van der Waals surface area contributed by atoms with Gasteiger partial charge in [-0.2, -0.15) is 4.98 Å². The van der Waals surface area contributed by atoms with E-state index in [1.54, 1.807) is 6.92 Å². The van der Waals surface area contributed by atoms with Crippen molar-refractivity contribution in [3.05, 3.63) is 21.3 Å². The van der Waals surface area contributed by atoms with E-state index in [1.807, 2.05) is 0 Å². The van der Waals surface area contributed by atoms with E-state index in [4.69, 9.17) is 55.7 Å². The summed E-state index contributed by atoms with van der Waals surface area (Å²) < 4.78 is 9.82. The highest BCUT2D eigenvalue weighted by Gasteiger charge is 2.20. The molecule has 0 saturated heterocycles. The van der Waals surface area contributed by atoms with Crippen LogP contribution in [0.15, 0.2) is 6.07 Å². The van der Waals surface area contributed by atoms with Crippen LogP contribution in [0.25, 0.3) is 0 Å². The first-order chi connectivity index (χ1) is 7.35. The highest BCUT2D eigenvalue weighted by molar-refractivity contribution is 8.07. The van der Waals surface area contributed by atoms with Gasteiger partial charge < -0.3 is 9.42 Å². The summed E-state index contributed by atoms with van der Waals surface area (Å²) in [6, 6.07) is 1.34. The van der Waals surface area contributed by atoms with Gasteiger partial charge >= 0.3 is 6.72 Å². The van der Waals surface area contributed by atoms with Gasteiger partial charge in [0, 0.05) is 11.8 Å². The summed E-state index contributed by atoms with van der Waals surface area (Å²) in [6.07, 6.45) is 0. The Kier molecular flexibility index (Phi) is 5.26. The SMILES string of the molecule is CCOP(O)(=S)Oc1nc(Cl)c(Cl)cc1Cl. The molecule has 9 heteroatoms. The van der Waals surface area contributed by atoms with Gasteiger partial charge in [0.2, 0.25) is 5.88 Å². The van der Waals surface area contributed by atoms with Crippen molar-refractivity contribution in [3.8, 4) is 5.88 Å². The molecule has 0 spiro atoms. The maximum atomic E-state index is 9.56. The van der Waals surface area contributed by atoms with Crippen LogP contribution in [0.5, 0.6) is 5.88 Å². The zero-order chi connectivity index (χ0) is 12.3. The molecule has 0 aliphatic carbocycles. The van der Waals surface area contributed by atoms with Gasteiger partial charge in [-0.1, -0.05) is 34.8 Å². The first-order valence-corrected chi connectivity index (χ1v) is 7.76. The first-order valence-electron chi connectivity index (χ1n) is 4.04. The van der Waals surface area contributed by atoms with Crippen molar-refractivity contribution < 1.29 is 13.9 Å². The molecule has 1 N–H and O–H groups in total. The van der Waals surface area contributed by atoms with Crippen molar-refractivity contribution in [1.82, 2.24) is 4.98 Å². The van der Waals surface area contributed by atoms with Gasteiger partial charge in [0.15, 0.2) is 5.15 Å². The van der Waals surface area contributed by atoms with Crippen molar-refractivity contribution in [1.29, 1.82) is 0 Å². The van der Waals surface area contributed by atoms with Crippen LogP contribution < -0.4 is 4.52 Å². The second kappa shape index (κ2) is 5.83. The van der Waals surface area contributed by atoms with Gasteiger partial charge in [-0.05, 0) is 13.0 Å². The number of nitrogens with zero attached hydrogens (tertiary/aromatic N) is 1. The molecule has 1 aromatic heterocycles. The van der Waals surface area contributed by atoms with E-state index in [9.17, 15) is 4.89 Å². The quantitative estimate of drug-likeness (QED) is 0.677. The van der Waals surface area contributed by atoms with Crippen LogP contribution in [-0.4, -0.2) is 16.5 Å². The second-order valence-corrected chi connectivity index (χ2v) is 6.46. The zero-order valence-corrected chi connectivity index (χ0v) is 12.0. The molecule has 4 nitrogen and oxygen atoms in total. The molecule has 0 aliphatic rings. The number of hydrogen-bond acceptors (Lipinski definition) is 4. The number of pyridine rings is 1. The van der Waals surface area contributed by atoms with Crippen LogP contribution in [0.1, 0.15) is 6.92 Å². The van der Waals surface area contributed by atoms with Crippen LogP contribution >= 0.6 is 41.5 Å². The first kappa shape index (κ1) is 14.5. The molecular weight excluding hydrogens is 315 g/mol. The molecule has 0 aromatic carbocycles. The molecule has 1 heterocycles. The lowest BCUT2D eigenvalue weighted by Gasteiger charge is -2.15. The molecule has 1 unspecified atom stereocenters. The maximum absolute atomic E-state index is 9.56. The molecule has 0 aliphatic heterocycles. The van der Waals surface area contributed by atoms with Gasteiger partial charge in [0.1, 0.15) is 5.02 Å². The summed E-state index contributed by atoms with van der Waals surface area (Å²) in [4.78, 5) is 13.3. The third kappa shape index (κ3) is 4.00. The second-order valence-electron chi connectivity index (χ2n) is 2.53. The fraction of sp³-hybridized carbons (Fsp3) is 0.286. The molecule has 0 bridgehead atoms. The Morgan fingerprint density at radius 1 is 1.44 bits per heavy atom. The summed E-state index contributed by atoms with van der Waals surface area (Å²) in [5.41, 5.74) is 0. The highest BCUT2D eigenvalue weighted by Crippen LogP contribution is 2.46. The van der Waals surface area contributed by atoms with E-state index < -0.39 is 6.72 Å². The largest absolute Gasteiger partial charge is 0.404 e. The zero-order valence-electron chi connectivity index (χ0n) is 7.98. The van der Waals surface area contributed by atoms with Crippen LogP contribution in [0.3, 0.4) is 0 Å². The average Bonchev–Trinajstić information content (AvgIpc) is 2.13. The van der Waals surface area contributed by atoms with Crippen molar-refractivity contribution in [2.45, 2.75) is 6.92 Å². The van der Waals surface area contributed by atoms with E-state index in [2.05, 4.69) is 4.98 Å². The monoisotopic (exact) mass is 321 g/mol. The third-order valence-corrected chi connectivity index (χ3v) is 3.82. The van der Waals surface area contributed by atoms with Crippen LogP contribution in [0, 0.1) is 0 Å². The van der Waals surface area contributed by atoms with Crippen molar-refractivity contribution in [3.63, 3.8) is 0 Å². The Morgan fingerprint density at radius 2 is 2.06 bits per heavy atom. The average molecular weight is 323 g/mol. The van der Waals surface area contributed by atoms with Gasteiger partial charge in [-0.3, -0.25) is 4.52 Å². The Balaban J connectivity index is 2.98. The summed E-state index contributed by atoms with van der Waals surface area (Å²) in [5.74, 6) is -0.102. The fourth-order valence-corrected chi connectivity index (χ4v) is 2.64. The molecular formula is C7H7Cl3NO3PS. The van der Waals surface area contributed by atoms with Crippen molar-refractivity contribution >= 4 is 53.3 Å². The summed E-state index contributed by atoms with van der Waals surface area (Å²) in [5, 5.41) is 0.284. The lowest BCUT2D eigenvalue weighted by atomic mass is 10.5. The summed E-state index contributed by atoms with van der Waals surface area (Å²) in [7, 11) is 0. The predicted octanol–water partition coefficient (Wildman–Crippen LogP) is 3.67. The Morgan fingerprint density at radius 3 is 2.62 bits per heavy atom. The normalized spacial score (nSPS) is 14.6. The molecule has 16 heavy (non-hydrogen) atoms. The lowest BCUT2D eigenvalue weighted by molar-refractivity contribution is 0.268. The highest BCUT2D eigenvalue weighted by atomic mass is 35.5. The number of aromatic nitrogens is 1. The Labute approximate surface area is 113 Å². The van der Waals surface area contributed by atoms with Crippen LogP contribution in [0.4, 0.5) is 0 Å². The van der Waals surface area contributed by atoms with Gasteiger partial charge in [-0.15, -0.1) is 0 Å². The lowest BCUT2D eigenvalue weighted by Crippen LogP contribution is -1.99. The molecule has 90 valence electrons. The van der Waals surface area contributed by atoms with E-state index >= 15 is 0 Å². The topological polar surface area (TPSA) is 51.6 Å². The van der Waals surface area contributed by atoms with Gasteiger partial charge in [0.05, 0.1) is 11.6 Å². The van der Waals surface area contributed by atoms with Crippen molar-refractivity contribution in [2.75, 3.05) is 6.61 Å². The minimum atomic E-state index is -3.39. The van der Waals surface area contributed by atoms with Crippen LogP contribution in [-0.2, 0) is 16.3 Å². The van der Waals surface area contributed by atoms with E-state index in [0.717, 1.165) is 0 Å². The number of hydrogen-bond donors (Lipinski definition) is 1. The number of halogens is 3. The Hall–Kier alpha value is 0.390. The molecule has 0 saturated carbocycles. The van der Waals surface area contributed by atoms with E-state index in [-0.39, 0.29) is 27.7 Å². The maximum Gasteiger partial charge on any atom is 0.379 e. The summed E-state index contributed by atoms with van der Waals surface area (Å²) in [6.45, 7) is -1.51. The minimum absolute atomic E-state index is 0.00700. The van der Waals surface area contributed by atoms with Gasteiger partial charge in [0.25, 0.3) is 0 Å². The van der Waals surface area contributed by atoms with Gasteiger partial charge in [-0.25, -0.2) is 0 Å². The third-order valence-electron chi connectivity index (χ3n) is 1.35. The fourth-order valence-electron chi connectivity index (χ4n) is 0.791. The van der Waals surface area contributed by atoms with E-state index in [1.165, 1.54) is 6.07 Å². The molecule has 1 aromatic rings. The Bertz CT molecular complexity index is 445. The standard InChI is InChI=1S/C7H7Cl3NO3PS/c1-2-13-15(12,16)14-7-5(9)3-4(8)6(10)11-7/h3H,2H2,1H3,(H,12,16). The molecule has 1 atom stereocenters. The minimum Gasteiger partial charge on any atom is -0.404 e. The number of rotatable bonds is 4. The van der Waals surface area contributed by atoms with E-state index in [0.29, 0.717) is 0 Å². The molecule has 1 rings (SSSR count). The smallest absolute Gasteiger partial charge is 0.379 e. The molecule has 0 fully saturated rings. The molecule has 0 amide bonds.